The Balaban J connectivity index is 1.68. The Kier molecular flexibility index (Phi) is 5.84. The fourth-order valence-electron chi connectivity index (χ4n) is 2.81. The van der Waals surface area contributed by atoms with Gasteiger partial charge in [-0.15, -0.1) is 0 Å². The summed E-state index contributed by atoms with van der Waals surface area (Å²) in [6.07, 6.45) is 0. The van der Waals surface area contributed by atoms with Crippen LogP contribution in [0.5, 0.6) is 5.75 Å². The molecule has 0 saturated carbocycles. The van der Waals surface area contributed by atoms with E-state index in [0.29, 0.717) is 0 Å². The molecule has 3 rings (SSSR count). The van der Waals surface area contributed by atoms with E-state index in [0.717, 1.165) is 6.07 Å². The molecule has 1 saturated heterocycles. The third kappa shape index (κ3) is 3.95. The van der Waals surface area contributed by atoms with Crippen LogP contribution in [0.3, 0.4) is 0 Å². The molecule has 0 bridgehead atoms. The van der Waals surface area contributed by atoms with E-state index in [-0.39, 0.29) is 52.6 Å². The lowest BCUT2D eigenvalue weighted by Gasteiger charge is -2.47. The summed E-state index contributed by atoms with van der Waals surface area (Å²) in [5, 5.41) is 18.8. The zero-order valence-corrected chi connectivity index (χ0v) is 16.7. The minimum atomic E-state index is -3.79. The molecule has 1 aliphatic rings. The summed E-state index contributed by atoms with van der Waals surface area (Å²) in [7, 11) is -3.79. The van der Waals surface area contributed by atoms with Crippen LogP contribution in [0.25, 0.3) is 0 Å². The molecule has 1 fully saturated rings. The molecular weight excluding hydrogens is 430 g/mol. The van der Waals surface area contributed by atoms with E-state index in [1.165, 1.54) is 34.6 Å². The topological polar surface area (TPSA) is 90.6 Å². The summed E-state index contributed by atoms with van der Waals surface area (Å²) in [6, 6.07) is 9.55. The molecule has 10 heteroatoms. The maximum atomic E-state index is 13.7. The Morgan fingerprint density at radius 3 is 2.50 bits per heavy atom. The number of sulfonamides is 1. The highest BCUT2D eigenvalue weighted by Crippen LogP contribution is 2.36. The number of hydrogen-bond acceptors (Lipinski definition) is 5. The summed E-state index contributed by atoms with van der Waals surface area (Å²) < 4.78 is 45.8. The Labute approximate surface area is 171 Å². The summed E-state index contributed by atoms with van der Waals surface area (Å²) in [5.74, 6) is -0.523. The fraction of sp³-hybridized carbons (Fsp3) is 0.278. The van der Waals surface area contributed by atoms with Crippen LogP contribution in [0.15, 0.2) is 41.3 Å². The monoisotopic (exact) mass is 444 g/mol. The Bertz CT molecular complexity index is 1050. The second-order valence-corrected chi connectivity index (χ2v) is 9.30. The molecule has 0 amide bonds. The first kappa shape index (κ1) is 20.8. The smallest absolute Gasteiger partial charge is 0.243 e. The second-order valence-electron chi connectivity index (χ2n) is 6.55. The maximum absolute atomic E-state index is 13.7. The minimum absolute atomic E-state index is 0.00326. The highest BCUT2D eigenvalue weighted by atomic mass is 35.5. The lowest BCUT2D eigenvalue weighted by Crippen LogP contribution is -2.62. The zero-order chi connectivity index (χ0) is 20.5. The zero-order valence-electron chi connectivity index (χ0n) is 14.4. The van der Waals surface area contributed by atoms with Gasteiger partial charge in [0.15, 0.2) is 0 Å². The van der Waals surface area contributed by atoms with Gasteiger partial charge in [0.2, 0.25) is 10.0 Å². The van der Waals surface area contributed by atoms with Crippen molar-refractivity contribution < 1.29 is 22.7 Å². The van der Waals surface area contributed by atoms with Gasteiger partial charge in [0, 0.05) is 19.2 Å². The number of hydrogen-bond donors (Lipinski definition) is 1. The SMILES string of the molecule is N#Cc1ccc(OCC2(CO)CN(S(=O)(=O)c3ccc(Cl)c(Cl)c3)C2)cc1F. The van der Waals surface area contributed by atoms with E-state index in [9.17, 15) is 17.9 Å². The van der Waals surface area contributed by atoms with Gasteiger partial charge in [-0.25, -0.2) is 12.8 Å². The minimum Gasteiger partial charge on any atom is -0.493 e. The Hall–Kier alpha value is -1.89. The predicted molar refractivity (Wildman–Crippen MR) is 101 cm³/mol. The summed E-state index contributed by atoms with van der Waals surface area (Å²) in [4.78, 5) is 0.00326. The van der Waals surface area contributed by atoms with Crippen molar-refractivity contribution in [2.45, 2.75) is 4.90 Å². The number of rotatable bonds is 6. The van der Waals surface area contributed by atoms with Gasteiger partial charge in [-0.2, -0.15) is 9.57 Å². The van der Waals surface area contributed by atoms with Crippen LogP contribution in [0.4, 0.5) is 4.39 Å². The van der Waals surface area contributed by atoms with Crippen molar-refractivity contribution in [3.8, 4) is 11.8 Å². The number of ether oxygens (including phenoxy) is 1. The van der Waals surface area contributed by atoms with Gasteiger partial charge in [0.25, 0.3) is 0 Å². The van der Waals surface area contributed by atoms with Crippen LogP contribution in [-0.4, -0.2) is 44.1 Å². The molecule has 28 heavy (non-hydrogen) atoms. The third-order valence-electron chi connectivity index (χ3n) is 4.49. The number of halogens is 3. The van der Waals surface area contributed by atoms with E-state index in [4.69, 9.17) is 33.2 Å². The standard InChI is InChI=1S/C18H15Cl2FN2O4S/c19-15-4-3-14(6-16(15)20)28(25,26)23-8-18(9-23,10-24)11-27-13-2-1-12(7-22)17(21)5-13/h1-6,24H,8-11H2. The molecule has 0 aromatic heterocycles. The number of nitriles is 1. The van der Waals surface area contributed by atoms with E-state index < -0.39 is 21.3 Å². The first-order valence-electron chi connectivity index (χ1n) is 8.09. The first-order chi connectivity index (χ1) is 13.2. The lowest BCUT2D eigenvalue weighted by molar-refractivity contribution is -0.0273. The Morgan fingerprint density at radius 1 is 1.21 bits per heavy atom. The normalized spacial score (nSPS) is 16.2. The van der Waals surface area contributed by atoms with Crippen molar-refractivity contribution in [2.24, 2.45) is 5.41 Å². The van der Waals surface area contributed by atoms with Gasteiger partial charge in [-0.05, 0) is 30.3 Å². The largest absolute Gasteiger partial charge is 0.493 e. The van der Waals surface area contributed by atoms with Gasteiger partial charge < -0.3 is 9.84 Å². The van der Waals surface area contributed by atoms with Crippen LogP contribution in [0.1, 0.15) is 5.56 Å². The van der Waals surface area contributed by atoms with Crippen molar-refractivity contribution in [1.29, 1.82) is 5.26 Å². The molecular formula is C18H15Cl2FN2O4S. The quantitative estimate of drug-likeness (QED) is 0.738. The van der Waals surface area contributed by atoms with Gasteiger partial charge in [0.05, 0.1) is 39.1 Å². The highest BCUT2D eigenvalue weighted by molar-refractivity contribution is 7.89. The summed E-state index contributed by atoms with van der Waals surface area (Å²) in [6.45, 7) is -0.253. The van der Waals surface area contributed by atoms with Gasteiger partial charge in [-0.3, -0.25) is 0 Å². The predicted octanol–water partition coefficient (Wildman–Crippen LogP) is 3.07. The maximum Gasteiger partial charge on any atom is 0.243 e. The molecule has 6 nitrogen and oxygen atoms in total. The summed E-state index contributed by atoms with van der Waals surface area (Å²) in [5.41, 5.74) is -0.917. The molecule has 0 aliphatic carbocycles. The Morgan fingerprint density at radius 2 is 1.93 bits per heavy atom. The lowest BCUT2D eigenvalue weighted by atomic mass is 9.83. The number of benzene rings is 2. The van der Waals surface area contributed by atoms with Gasteiger partial charge in [0.1, 0.15) is 17.6 Å². The average Bonchev–Trinajstić information content (AvgIpc) is 2.63. The van der Waals surface area contributed by atoms with Crippen LogP contribution in [0, 0.1) is 22.6 Å². The molecule has 1 aliphatic heterocycles. The van der Waals surface area contributed by atoms with Crippen molar-refractivity contribution in [2.75, 3.05) is 26.3 Å². The molecule has 0 atom stereocenters. The first-order valence-corrected chi connectivity index (χ1v) is 10.3. The van der Waals surface area contributed by atoms with Crippen molar-refractivity contribution >= 4 is 33.2 Å². The van der Waals surface area contributed by atoms with E-state index >= 15 is 0 Å². The van der Waals surface area contributed by atoms with E-state index in [2.05, 4.69) is 0 Å². The molecule has 1 N–H and O–H groups in total. The molecule has 2 aromatic rings. The highest BCUT2D eigenvalue weighted by Gasteiger charge is 2.49. The summed E-state index contributed by atoms with van der Waals surface area (Å²) >= 11 is 11.7. The molecule has 148 valence electrons. The molecule has 0 spiro atoms. The molecule has 0 radical (unpaired) electrons. The fourth-order valence-corrected chi connectivity index (χ4v) is 4.86. The molecule has 1 heterocycles. The van der Waals surface area contributed by atoms with Crippen LogP contribution < -0.4 is 4.74 Å². The van der Waals surface area contributed by atoms with Gasteiger partial charge >= 0.3 is 0 Å². The van der Waals surface area contributed by atoms with Crippen molar-refractivity contribution in [3.05, 3.63) is 57.8 Å². The van der Waals surface area contributed by atoms with E-state index in [1.54, 1.807) is 6.07 Å². The number of aliphatic hydroxyl groups is 1. The van der Waals surface area contributed by atoms with E-state index in [1.807, 2.05) is 0 Å². The molecule has 2 aromatic carbocycles. The van der Waals surface area contributed by atoms with Crippen LogP contribution in [-0.2, 0) is 10.0 Å². The third-order valence-corrected chi connectivity index (χ3v) is 7.02. The van der Waals surface area contributed by atoms with Crippen LogP contribution in [0.2, 0.25) is 10.0 Å². The molecule has 0 unspecified atom stereocenters. The second kappa shape index (κ2) is 7.85. The number of nitrogens with zero attached hydrogens (tertiary/aromatic N) is 2. The van der Waals surface area contributed by atoms with Crippen molar-refractivity contribution in [1.82, 2.24) is 4.31 Å². The van der Waals surface area contributed by atoms with Crippen molar-refractivity contribution in [3.63, 3.8) is 0 Å². The van der Waals surface area contributed by atoms with Gasteiger partial charge in [-0.1, -0.05) is 23.2 Å². The average molecular weight is 445 g/mol. The van der Waals surface area contributed by atoms with Crippen LogP contribution >= 0.6 is 23.2 Å². The number of aliphatic hydroxyl groups excluding tert-OH is 1.